The van der Waals surface area contributed by atoms with Gasteiger partial charge in [0.05, 0.1) is 3.79 Å². The van der Waals surface area contributed by atoms with E-state index in [-0.39, 0.29) is 5.95 Å². The van der Waals surface area contributed by atoms with Gasteiger partial charge in [-0.1, -0.05) is 11.8 Å². The fraction of sp³-hybridized carbons (Fsp3) is 0.125. The minimum Gasteiger partial charge on any atom is -0.368 e. The minimum atomic E-state index is 0.256. The lowest BCUT2D eigenvalue weighted by molar-refractivity contribution is 0.928. The average Bonchev–Trinajstić information content (AvgIpc) is 2.64. The van der Waals surface area contributed by atoms with E-state index in [1.165, 1.54) is 11.8 Å². The lowest BCUT2D eigenvalue weighted by atomic mass is 10.3. The van der Waals surface area contributed by atoms with Crippen molar-refractivity contribution in [1.29, 1.82) is 0 Å². The first-order valence-electron chi connectivity index (χ1n) is 3.99. The first-order chi connectivity index (χ1) is 7.19. The summed E-state index contributed by atoms with van der Waals surface area (Å²) < 4.78 is 1.04. The molecule has 0 fully saturated rings. The van der Waals surface area contributed by atoms with Crippen molar-refractivity contribution in [3.05, 3.63) is 15.2 Å². The molecule has 7 heteroatoms. The first kappa shape index (κ1) is 10.8. The SMILES string of the molecule is CSc1nc(N)nc(-c2csc(Br)c2)n1. The van der Waals surface area contributed by atoms with E-state index in [2.05, 4.69) is 30.9 Å². The fourth-order valence-corrected chi connectivity index (χ4v) is 2.52. The third kappa shape index (κ3) is 2.47. The Morgan fingerprint density at radius 1 is 1.40 bits per heavy atom. The van der Waals surface area contributed by atoms with Crippen LogP contribution >= 0.6 is 39.0 Å². The van der Waals surface area contributed by atoms with Crippen LogP contribution in [0.5, 0.6) is 0 Å². The van der Waals surface area contributed by atoms with E-state index in [9.17, 15) is 0 Å². The minimum absolute atomic E-state index is 0.256. The van der Waals surface area contributed by atoms with Gasteiger partial charge in [-0.25, -0.2) is 4.98 Å². The van der Waals surface area contributed by atoms with Gasteiger partial charge < -0.3 is 5.73 Å². The van der Waals surface area contributed by atoms with Crippen molar-refractivity contribution >= 4 is 45.0 Å². The molecule has 0 saturated carbocycles. The summed E-state index contributed by atoms with van der Waals surface area (Å²) in [5, 5.41) is 2.61. The summed E-state index contributed by atoms with van der Waals surface area (Å²) in [5.74, 6) is 0.875. The largest absolute Gasteiger partial charge is 0.368 e. The third-order valence-electron chi connectivity index (χ3n) is 1.64. The molecular formula is C8H7BrN4S2. The molecule has 0 aliphatic carbocycles. The van der Waals surface area contributed by atoms with Gasteiger partial charge in [0.15, 0.2) is 11.0 Å². The monoisotopic (exact) mass is 302 g/mol. The highest BCUT2D eigenvalue weighted by atomic mass is 79.9. The number of aromatic nitrogens is 3. The lowest BCUT2D eigenvalue weighted by Gasteiger charge is -2.00. The quantitative estimate of drug-likeness (QED) is 0.864. The summed E-state index contributed by atoms with van der Waals surface area (Å²) in [6, 6.07) is 1.96. The smallest absolute Gasteiger partial charge is 0.224 e. The second kappa shape index (κ2) is 4.46. The van der Waals surface area contributed by atoms with Gasteiger partial charge in [-0.15, -0.1) is 11.3 Å². The average molecular weight is 303 g/mol. The Kier molecular flexibility index (Phi) is 3.22. The number of thioether (sulfide) groups is 1. The van der Waals surface area contributed by atoms with Crippen LogP contribution in [-0.2, 0) is 0 Å². The van der Waals surface area contributed by atoms with Gasteiger partial charge in [0.1, 0.15) is 0 Å². The molecule has 0 aliphatic rings. The molecule has 0 saturated heterocycles. The predicted molar refractivity (Wildman–Crippen MR) is 67.0 cm³/mol. The molecule has 2 aromatic heterocycles. The van der Waals surface area contributed by atoms with Crippen molar-refractivity contribution < 1.29 is 0 Å². The number of rotatable bonds is 2. The van der Waals surface area contributed by atoms with Crippen molar-refractivity contribution in [3.63, 3.8) is 0 Å². The van der Waals surface area contributed by atoms with Crippen LogP contribution in [0.1, 0.15) is 0 Å². The van der Waals surface area contributed by atoms with E-state index >= 15 is 0 Å². The van der Waals surface area contributed by atoms with Gasteiger partial charge in [0.2, 0.25) is 5.95 Å². The zero-order valence-corrected chi connectivity index (χ0v) is 11.0. The van der Waals surface area contributed by atoms with Crippen molar-refractivity contribution in [2.75, 3.05) is 12.0 Å². The molecule has 2 aromatic rings. The van der Waals surface area contributed by atoms with Gasteiger partial charge in [0.25, 0.3) is 0 Å². The number of halogens is 1. The molecule has 2 N–H and O–H groups in total. The molecule has 0 aromatic carbocycles. The van der Waals surface area contributed by atoms with Crippen molar-refractivity contribution in [3.8, 4) is 11.4 Å². The maximum atomic E-state index is 5.60. The second-order valence-electron chi connectivity index (χ2n) is 2.64. The summed E-state index contributed by atoms with van der Waals surface area (Å²) in [6.07, 6.45) is 1.90. The molecule has 0 bridgehead atoms. The number of nitrogen functional groups attached to an aromatic ring is 1. The summed E-state index contributed by atoms with van der Waals surface area (Å²) in [7, 11) is 0. The number of hydrogen-bond acceptors (Lipinski definition) is 6. The maximum absolute atomic E-state index is 5.60. The van der Waals surface area contributed by atoms with Crippen LogP contribution in [0.2, 0.25) is 0 Å². The van der Waals surface area contributed by atoms with E-state index in [1.54, 1.807) is 11.3 Å². The molecule has 78 valence electrons. The lowest BCUT2D eigenvalue weighted by Crippen LogP contribution is -2.00. The molecule has 0 atom stereocenters. The van der Waals surface area contributed by atoms with Crippen LogP contribution in [-0.4, -0.2) is 21.2 Å². The standard InChI is InChI=1S/C8H7BrN4S2/c1-14-8-12-6(11-7(10)13-8)4-2-5(9)15-3-4/h2-3H,1H3,(H2,10,11,12,13). The number of hydrogen-bond donors (Lipinski definition) is 1. The predicted octanol–water partition coefficient (Wildman–Crippen LogP) is 2.67. The Bertz CT molecular complexity index is 485. The summed E-state index contributed by atoms with van der Waals surface area (Å²) in [5.41, 5.74) is 6.55. The van der Waals surface area contributed by atoms with E-state index in [1.807, 2.05) is 17.7 Å². The van der Waals surface area contributed by atoms with E-state index in [0.717, 1.165) is 9.35 Å². The van der Waals surface area contributed by atoms with Crippen LogP contribution in [0.3, 0.4) is 0 Å². The molecule has 2 rings (SSSR count). The molecule has 0 amide bonds. The zero-order valence-electron chi connectivity index (χ0n) is 7.77. The molecule has 0 radical (unpaired) electrons. The number of nitrogens with two attached hydrogens (primary N) is 1. The normalized spacial score (nSPS) is 10.5. The van der Waals surface area contributed by atoms with Crippen LogP contribution < -0.4 is 5.73 Å². The van der Waals surface area contributed by atoms with Gasteiger partial charge in [-0.3, -0.25) is 0 Å². The summed E-state index contributed by atoms with van der Waals surface area (Å²) in [6.45, 7) is 0. The maximum Gasteiger partial charge on any atom is 0.224 e. The Morgan fingerprint density at radius 2 is 2.20 bits per heavy atom. The van der Waals surface area contributed by atoms with Gasteiger partial charge in [-0.2, -0.15) is 9.97 Å². The summed E-state index contributed by atoms with van der Waals surface area (Å²) >= 11 is 6.43. The van der Waals surface area contributed by atoms with Crippen LogP contribution in [0.4, 0.5) is 5.95 Å². The Balaban J connectivity index is 2.48. The zero-order chi connectivity index (χ0) is 10.8. The highest BCUT2D eigenvalue weighted by Gasteiger charge is 2.07. The van der Waals surface area contributed by atoms with E-state index < -0.39 is 0 Å². The summed E-state index contributed by atoms with van der Waals surface area (Å²) in [4.78, 5) is 12.4. The van der Waals surface area contributed by atoms with Crippen LogP contribution in [0.25, 0.3) is 11.4 Å². The van der Waals surface area contributed by atoms with Crippen molar-refractivity contribution in [2.45, 2.75) is 5.16 Å². The van der Waals surface area contributed by atoms with Crippen LogP contribution in [0, 0.1) is 0 Å². The molecule has 0 spiro atoms. The van der Waals surface area contributed by atoms with E-state index in [4.69, 9.17) is 5.73 Å². The topological polar surface area (TPSA) is 64.7 Å². The van der Waals surface area contributed by atoms with Gasteiger partial charge in [-0.05, 0) is 28.3 Å². The molecule has 0 unspecified atom stereocenters. The molecule has 0 aliphatic heterocycles. The van der Waals surface area contributed by atoms with Crippen molar-refractivity contribution in [2.24, 2.45) is 0 Å². The Labute approximate surface area is 103 Å². The highest BCUT2D eigenvalue weighted by Crippen LogP contribution is 2.27. The fourth-order valence-electron chi connectivity index (χ4n) is 1.02. The number of anilines is 1. The molecule has 4 nitrogen and oxygen atoms in total. The first-order valence-corrected chi connectivity index (χ1v) is 6.88. The highest BCUT2D eigenvalue weighted by molar-refractivity contribution is 9.11. The molecule has 2 heterocycles. The number of nitrogens with zero attached hydrogens (tertiary/aromatic N) is 3. The van der Waals surface area contributed by atoms with Gasteiger partial charge in [0, 0.05) is 10.9 Å². The molecular weight excluding hydrogens is 296 g/mol. The van der Waals surface area contributed by atoms with Gasteiger partial charge >= 0.3 is 0 Å². The Hall–Kier alpha value is -0.660. The Morgan fingerprint density at radius 3 is 2.80 bits per heavy atom. The third-order valence-corrected chi connectivity index (χ3v) is 3.69. The van der Waals surface area contributed by atoms with E-state index in [0.29, 0.717) is 11.0 Å². The number of thiophene rings is 1. The molecule has 15 heavy (non-hydrogen) atoms. The van der Waals surface area contributed by atoms with Crippen LogP contribution in [0.15, 0.2) is 20.4 Å². The second-order valence-corrected chi connectivity index (χ2v) is 5.71. The van der Waals surface area contributed by atoms with Crippen molar-refractivity contribution in [1.82, 2.24) is 15.0 Å².